The van der Waals surface area contributed by atoms with Crippen LogP contribution in [0.3, 0.4) is 0 Å². The molecule has 0 bridgehead atoms. The summed E-state index contributed by atoms with van der Waals surface area (Å²) in [7, 11) is -2.40. The Morgan fingerprint density at radius 3 is 2.59 bits per heavy atom. The molecule has 0 saturated carbocycles. The molecular weight excluding hydrogens is 246 g/mol. The highest BCUT2D eigenvalue weighted by Crippen LogP contribution is 2.22. The van der Waals surface area contributed by atoms with Gasteiger partial charge in [-0.2, -0.15) is 0 Å². The summed E-state index contributed by atoms with van der Waals surface area (Å²) in [4.78, 5) is 10.9. The second-order valence-electron chi connectivity index (χ2n) is 3.10. The number of carbonyl (C=O) groups is 1. The smallest absolute Gasteiger partial charge is 0.339 e. The van der Waals surface area contributed by atoms with Gasteiger partial charge >= 0.3 is 5.97 Å². The predicted octanol–water partition coefficient (Wildman–Crippen LogP) is 0.692. The monoisotopic (exact) mass is 259 g/mol. The fourth-order valence-electron chi connectivity index (χ4n) is 1.24. The number of sulfonamides is 1. The SMILES string of the molecule is CCOc1ccc(S(=O)(=O)NC)cc1C(=O)O. The lowest BCUT2D eigenvalue weighted by Crippen LogP contribution is -2.19. The molecule has 17 heavy (non-hydrogen) atoms. The number of nitrogens with one attached hydrogen (secondary N) is 1. The highest BCUT2D eigenvalue weighted by atomic mass is 32.2. The molecule has 0 fully saturated rings. The molecule has 0 atom stereocenters. The van der Waals surface area contributed by atoms with Crippen molar-refractivity contribution < 1.29 is 23.1 Å². The average Bonchev–Trinajstić information content (AvgIpc) is 2.29. The van der Waals surface area contributed by atoms with Gasteiger partial charge in [0.1, 0.15) is 11.3 Å². The molecule has 6 nitrogen and oxygen atoms in total. The average molecular weight is 259 g/mol. The van der Waals surface area contributed by atoms with Crippen LogP contribution in [0.5, 0.6) is 5.75 Å². The van der Waals surface area contributed by atoms with Crippen molar-refractivity contribution in [1.82, 2.24) is 4.72 Å². The number of rotatable bonds is 5. The van der Waals surface area contributed by atoms with E-state index in [9.17, 15) is 13.2 Å². The van der Waals surface area contributed by atoms with E-state index in [2.05, 4.69) is 4.72 Å². The second-order valence-corrected chi connectivity index (χ2v) is 4.99. The molecule has 0 heterocycles. The first kappa shape index (κ1) is 13.5. The molecule has 1 aromatic rings. The summed E-state index contributed by atoms with van der Waals surface area (Å²) in [6, 6.07) is 3.69. The molecule has 0 unspecified atom stereocenters. The predicted molar refractivity (Wildman–Crippen MR) is 60.8 cm³/mol. The number of benzene rings is 1. The third-order valence-electron chi connectivity index (χ3n) is 2.06. The minimum atomic E-state index is -3.65. The van der Waals surface area contributed by atoms with Crippen LogP contribution < -0.4 is 9.46 Å². The van der Waals surface area contributed by atoms with Gasteiger partial charge in [0.05, 0.1) is 11.5 Å². The quantitative estimate of drug-likeness (QED) is 0.811. The molecule has 1 rings (SSSR count). The molecule has 0 aliphatic heterocycles. The summed E-state index contributed by atoms with van der Waals surface area (Å²) in [6.45, 7) is 2.02. The lowest BCUT2D eigenvalue weighted by Gasteiger charge is -2.09. The summed E-state index contributed by atoms with van der Waals surface area (Å²) < 4.78 is 30.2. The minimum absolute atomic E-state index is 0.110. The van der Waals surface area contributed by atoms with Crippen LogP contribution in [-0.4, -0.2) is 33.1 Å². The van der Waals surface area contributed by atoms with Crippen molar-refractivity contribution in [3.05, 3.63) is 23.8 Å². The molecule has 2 N–H and O–H groups in total. The molecule has 0 amide bonds. The standard InChI is InChI=1S/C10H13NO5S/c1-3-16-9-5-4-7(17(14,15)11-2)6-8(9)10(12)13/h4-6,11H,3H2,1-2H3,(H,12,13). The van der Waals surface area contributed by atoms with Gasteiger partial charge < -0.3 is 9.84 Å². The maximum atomic E-state index is 11.5. The number of carboxylic acids is 1. The van der Waals surface area contributed by atoms with E-state index in [4.69, 9.17) is 9.84 Å². The van der Waals surface area contributed by atoms with Gasteiger partial charge in [-0.3, -0.25) is 0 Å². The minimum Gasteiger partial charge on any atom is -0.493 e. The van der Waals surface area contributed by atoms with Gasteiger partial charge in [-0.25, -0.2) is 17.9 Å². The summed E-state index contributed by atoms with van der Waals surface area (Å²) >= 11 is 0. The van der Waals surface area contributed by atoms with E-state index < -0.39 is 16.0 Å². The van der Waals surface area contributed by atoms with Crippen molar-refractivity contribution in [2.24, 2.45) is 0 Å². The van der Waals surface area contributed by atoms with Crippen LogP contribution in [0.2, 0.25) is 0 Å². The summed E-state index contributed by atoms with van der Waals surface area (Å²) in [6.07, 6.45) is 0. The van der Waals surface area contributed by atoms with Gasteiger partial charge in [-0.1, -0.05) is 0 Å². The molecule has 0 aliphatic rings. The lowest BCUT2D eigenvalue weighted by molar-refractivity contribution is 0.0692. The third-order valence-corrected chi connectivity index (χ3v) is 3.47. The van der Waals surface area contributed by atoms with E-state index in [0.29, 0.717) is 6.61 Å². The zero-order chi connectivity index (χ0) is 13.1. The highest BCUT2D eigenvalue weighted by Gasteiger charge is 2.18. The summed E-state index contributed by atoms with van der Waals surface area (Å²) in [5.74, 6) is -1.09. The van der Waals surface area contributed by atoms with Gasteiger partial charge in [-0.15, -0.1) is 0 Å². The highest BCUT2D eigenvalue weighted by molar-refractivity contribution is 7.89. The fourth-order valence-corrected chi connectivity index (χ4v) is 2.00. The van der Waals surface area contributed by atoms with Gasteiger partial charge in [0.2, 0.25) is 10.0 Å². The maximum absolute atomic E-state index is 11.5. The van der Waals surface area contributed by atoms with Crippen LogP contribution in [-0.2, 0) is 10.0 Å². The Kier molecular flexibility index (Phi) is 4.08. The Labute approximate surface area is 99.3 Å². The largest absolute Gasteiger partial charge is 0.493 e. The van der Waals surface area contributed by atoms with Crippen LogP contribution in [0.1, 0.15) is 17.3 Å². The molecular formula is C10H13NO5S. The topological polar surface area (TPSA) is 92.7 Å². The van der Waals surface area contributed by atoms with Crippen LogP contribution >= 0.6 is 0 Å². The van der Waals surface area contributed by atoms with Gasteiger partial charge in [-0.05, 0) is 32.2 Å². The van der Waals surface area contributed by atoms with Crippen molar-refractivity contribution in [1.29, 1.82) is 0 Å². The number of hydrogen-bond donors (Lipinski definition) is 2. The van der Waals surface area contributed by atoms with Crippen LogP contribution in [0, 0.1) is 0 Å². The molecule has 7 heteroatoms. The van der Waals surface area contributed by atoms with E-state index in [-0.39, 0.29) is 16.2 Å². The van der Waals surface area contributed by atoms with Crippen LogP contribution in [0.15, 0.2) is 23.1 Å². The fraction of sp³-hybridized carbons (Fsp3) is 0.300. The number of carboxylic acid groups (broad SMARTS) is 1. The zero-order valence-electron chi connectivity index (χ0n) is 9.43. The van der Waals surface area contributed by atoms with E-state index in [1.807, 2.05) is 0 Å². The normalized spacial score (nSPS) is 11.2. The van der Waals surface area contributed by atoms with Crippen molar-refractivity contribution >= 4 is 16.0 Å². The van der Waals surface area contributed by atoms with Gasteiger partial charge in [0.15, 0.2) is 0 Å². The van der Waals surface area contributed by atoms with E-state index in [1.54, 1.807) is 6.92 Å². The first-order valence-corrected chi connectivity index (χ1v) is 6.34. The Morgan fingerprint density at radius 2 is 2.12 bits per heavy atom. The van der Waals surface area contributed by atoms with Gasteiger partial charge in [0.25, 0.3) is 0 Å². The number of aromatic carboxylic acids is 1. The van der Waals surface area contributed by atoms with E-state index in [1.165, 1.54) is 19.2 Å². The number of ether oxygens (including phenoxy) is 1. The van der Waals surface area contributed by atoms with Crippen molar-refractivity contribution in [3.8, 4) is 5.75 Å². The molecule has 1 aromatic carbocycles. The summed E-state index contributed by atoms with van der Waals surface area (Å²) in [5.41, 5.74) is -0.178. The third kappa shape index (κ3) is 2.95. The Bertz CT molecular complexity index is 523. The first-order valence-electron chi connectivity index (χ1n) is 4.86. The van der Waals surface area contributed by atoms with E-state index in [0.717, 1.165) is 6.07 Å². The molecule has 0 saturated heterocycles. The zero-order valence-corrected chi connectivity index (χ0v) is 10.2. The van der Waals surface area contributed by atoms with Crippen molar-refractivity contribution in [2.75, 3.05) is 13.7 Å². The van der Waals surface area contributed by atoms with E-state index >= 15 is 0 Å². The van der Waals surface area contributed by atoms with Gasteiger partial charge in [0, 0.05) is 0 Å². The Morgan fingerprint density at radius 1 is 1.47 bits per heavy atom. The second kappa shape index (κ2) is 5.15. The van der Waals surface area contributed by atoms with Crippen LogP contribution in [0.4, 0.5) is 0 Å². The lowest BCUT2D eigenvalue weighted by atomic mass is 10.2. The molecule has 0 aliphatic carbocycles. The van der Waals surface area contributed by atoms with Crippen LogP contribution in [0.25, 0.3) is 0 Å². The molecule has 0 aromatic heterocycles. The molecule has 0 radical (unpaired) electrons. The summed E-state index contributed by atoms with van der Waals surface area (Å²) in [5, 5.41) is 8.96. The Balaban J connectivity index is 3.33. The first-order chi connectivity index (χ1) is 7.92. The maximum Gasteiger partial charge on any atom is 0.339 e. The van der Waals surface area contributed by atoms with Crippen molar-refractivity contribution in [2.45, 2.75) is 11.8 Å². The molecule has 94 valence electrons. The number of hydrogen-bond acceptors (Lipinski definition) is 4. The molecule has 0 spiro atoms. The Hall–Kier alpha value is -1.60. The van der Waals surface area contributed by atoms with Crippen molar-refractivity contribution in [3.63, 3.8) is 0 Å².